The molecule has 0 atom stereocenters. The molecule has 0 unspecified atom stereocenters. The van der Waals surface area contributed by atoms with Crippen LogP contribution >= 0.6 is 11.6 Å². The minimum absolute atomic E-state index is 0.580. The summed E-state index contributed by atoms with van der Waals surface area (Å²) in [5.74, 6) is 0. The van der Waals surface area contributed by atoms with Crippen LogP contribution in [-0.4, -0.2) is 0 Å². The molecule has 4 heteroatoms. The molecule has 0 amide bonds. The summed E-state index contributed by atoms with van der Waals surface area (Å²) in [5, 5.41) is 3.39. The highest BCUT2D eigenvalue weighted by Crippen LogP contribution is 1.93. The minimum atomic E-state index is 0.580. The highest BCUT2D eigenvalue weighted by atomic mass is 35.5. The molecule has 0 spiro atoms. The van der Waals surface area contributed by atoms with Crippen LogP contribution in [0.4, 0.5) is 0 Å². The topological polar surface area (TPSA) is 48.2 Å². The van der Waals surface area contributed by atoms with E-state index in [9.17, 15) is 0 Å². The Morgan fingerprint density at radius 1 is 2.00 bits per heavy atom. The van der Waals surface area contributed by atoms with Gasteiger partial charge in [0, 0.05) is 11.2 Å². The fourth-order valence-electron chi connectivity index (χ4n) is 0.121. The van der Waals surface area contributed by atoms with Gasteiger partial charge in [0.15, 0.2) is 0 Å². The average Bonchev–Trinajstić information content (AvgIpc) is 1.61. The Morgan fingerprint density at radius 3 is 2.71 bits per heavy atom. The first kappa shape index (κ1) is 6.43. The fraction of sp³-hybridized carbons (Fsp3) is 0.333. The van der Waals surface area contributed by atoms with Gasteiger partial charge in [-0.15, -0.1) is 0 Å². The standard InChI is InChI=1S/C3H6ClN3/c1-3(4)2-6-7-5/h2H,1H3,(H2,5,6)/b3-2+. The van der Waals surface area contributed by atoms with Crippen molar-refractivity contribution < 1.29 is 0 Å². The fourth-order valence-corrected chi connectivity index (χ4v) is 0.170. The number of rotatable bonds is 2. The number of nitrogens with zero attached hydrogens (tertiary/aromatic N) is 1. The number of hydrogen-bond donors (Lipinski definition) is 2. The van der Waals surface area contributed by atoms with Crippen molar-refractivity contribution in [2.75, 3.05) is 0 Å². The average molecular weight is 120 g/mol. The van der Waals surface area contributed by atoms with Crippen molar-refractivity contribution in [1.82, 2.24) is 5.43 Å². The molecule has 0 aliphatic carbocycles. The Hall–Kier alpha value is -0.570. The number of hydrogen-bond acceptors (Lipinski definition) is 2. The Morgan fingerprint density at radius 2 is 2.57 bits per heavy atom. The molecule has 0 radical (unpaired) electrons. The summed E-state index contributed by atoms with van der Waals surface area (Å²) in [6.07, 6.45) is 1.43. The van der Waals surface area contributed by atoms with E-state index in [1.807, 2.05) is 0 Å². The third kappa shape index (κ3) is 5.43. The van der Waals surface area contributed by atoms with Crippen LogP contribution in [0.15, 0.2) is 16.5 Å². The van der Waals surface area contributed by atoms with Gasteiger partial charge in [0.05, 0.1) is 0 Å². The molecular formula is C3H6ClN3. The molecule has 3 nitrogen and oxygen atoms in total. The number of halogens is 1. The quantitative estimate of drug-likeness (QED) is 0.421. The molecule has 0 rings (SSSR count). The van der Waals surface area contributed by atoms with E-state index in [-0.39, 0.29) is 0 Å². The van der Waals surface area contributed by atoms with E-state index in [0.717, 1.165) is 0 Å². The van der Waals surface area contributed by atoms with Gasteiger partial charge < -0.3 is 0 Å². The highest BCUT2D eigenvalue weighted by Gasteiger charge is 1.71. The zero-order chi connectivity index (χ0) is 5.70. The Labute approximate surface area is 46.8 Å². The molecule has 0 aliphatic rings. The van der Waals surface area contributed by atoms with E-state index in [4.69, 9.17) is 17.1 Å². The van der Waals surface area contributed by atoms with E-state index in [0.29, 0.717) is 5.03 Å². The molecule has 0 aliphatic heterocycles. The van der Waals surface area contributed by atoms with Gasteiger partial charge in [0.25, 0.3) is 0 Å². The number of allylic oxidation sites excluding steroid dienone is 1. The summed E-state index contributed by atoms with van der Waals surface area (Å²) in [6.45, 7) is 1.69. The second kappa shape index (κ2) is 3.61. The predicted molar refractivity (Wildman–Crippen MR) is 27.9 cm³/mol. The maximum Gasteiger partial charge on any atom is 0.0359 e. The van der Waals surface area contributed by atoms with Crippen LogP contribution in [0.25, 0.3) is 0 Å². The highest BCUT2D eigenvalue weighted by molar-refractivity contribution is 6.29. The Kier molecular flexibility index (Phi) is 3.32. The Bertz CT molecular complexity index is 84.2. The monoisotopic (exact) mass is 119 g/mol. The first-order valence-corrected chi connectivity index (χ1v) is 2.09. The predicted octanol–water partition coefficient (Wildman–Crippen LogP) is 1.62. The van der Waals surface area contributed by atoms with Crippen LogP contribution in [0.5, 0.6) is 0 Å². The number of nitrogens with one attached hydrogen (secondary N) is 2. The van der Waals surface area contributed by atoms with Crippen molar-refractivity contribution in [1.29, 1.82) is 5.53 Å². The van der Waals surface area contributed by atoms with E-state index >= 15 is 0 Å². The van der Waals surface area contributed by atoms with Gasteiger partial charge in [0.2, 0.25) is 0 Å². The van der Waals surface area contributed by atoms with E-state index in [1.165, 1.54) is 6.20 Å². The van der Waals surface area contributed by atoms with Crippen LogP contribution in [0, 0.1) is 5.53 Å². The van der Waals surface area contributed by atoms with E-state index < -0.39 is 0 Å². The van der Waals surface area contributed by atoms with Crippen LogP contribution in [-0.2, 0) is 0 Å². The maximum absolute atomic E-state index is 6.21. The molecular weight excluding hydrogens is 114 g/mol. The third-order valence-corrected chi connectivity index (χ3v) is 0.437. The van der Waals surface area contributed by atoms with Crippen molar-refractivity contribution in [3.8, 4) is 0 Å². The molecule has 0 aromatic heterocycles. The van der Waals surface area contributed by atoms with Gasteiger partial charge in [-0.05, 0) is 6.92 Å². The van der Waals surface area contributed by atoms with Crippen molar-refractivity contribution >= 4 is 11.6 Å². The maximum atomic E-state index is 6.21. The lowest BCUT2D eigenvalue weighted by Crippen LogP contribution is -1.88. The molecule has 0 bridgehead atoms. The molecule has 7 heavy (non-hydrogen) atoms. The molecule has 0 heterocycles. The van der Waals surface area contributed by atoms with Crippen LogP contribution < -0.4 is 5.43 Å². The zero-order valence-electron chi connectivity index (χ0n) is 3.90. The van der Waals surface area contributed by atoms with Gasteiger partial charge in [-0.1, -0.05) is 16.8 Å². The summed E-state index contributed by atoms with van der Waals surface area (Å²) in [5.41, 5.74) is 8.45. The summed E-state index contributed by atoms with van der Waals surface area (Å²) < 4.78 is 0. The van der Waals surface area contributed by atoms with Gasteiger partial charge in [-0.3, -0.25) is 5.43 Å². The summed E-state index contributed by atoms with van der Waals surface area (Å²) >= 11 is 5.31. The molecule has 2 N–H and O–H groups in total. The van der Waals surface area contributed by atoms with Crippen molar-refractivity contribution in [3.05, 3.63) is 11.2 Å². The van der Waals surface area contributed by atoms with E-state index in [2.05, 4.69) is 10.6 Å². The molecule has 0 aromatic rings. The lowest BCUT2D eigenvalue weighted by molar-refractivity contribution is 0.825. The molecule has 40 valence electrons. The summed E-state index contributed by atoms with van der Waals surface area (Å²) in [6, 6.07) is 0. The van der Waals surface area contributed by atoms with Gasteiger partial charge in [-0.25, -0.2) is 0 Å². The molecule has 0 aromatic carbocycles. The SMILES string of the molecule is C/C(Cl)=C\NN=N. The van der Waals surface area contributed by atoms with Crippen LogP contribution in [0.3, 0.4) is 0 Å². The second-order valence-corrected chi connectivity index (χ2v) is 1.57. The van der Waals surface area contributed by atoms with Gasteiger partial charge in [0.1, 0.15) is 0 Å². The Balaban J connectivity index is 3.25. The molecule has 0 saturated carbocycles. The smallest absolute Gasteiger partial charge is 0.0359 e. The normalized spacial score (nSPS) is 10.9. The third-order valence-electron chi connectivity index (χ3n) is 0.328. The van der Waals surface area contributed by atoms with Crippen molar-refractivity contribution in [2.24, 2.45) is 5.22 Å². The van der Waals surface area contributed by atoms with Crippen molar-refractivity contribution in [2.45, 2.75) is 6.92 Å². The first-order chi connectivity index (χ1) is 3.27. The lowest BCUT2D eigenvalue weighted by atomic mass is 10.7. The largest absolute Gasteiger partial charge is 0.267 e. The minimum Gasteiger partial charge on any atom is -0.267 e. The molecule has 0 saturated heterocycles. The summed E-state index contributed by atoms with van der Waals surface area (Å²) in [4.78, 5) is 0. The lowest BCUT2D eigenvalue weighted by Gasteiger charge is -1.82. The zero-order valence-corrected chi connectivity index (χ0v) is 4.66. The first-order valence-electron chi connectivity index (χ1n) is 1.71. The van der Waals surface area contributed by atoms with Crippen LogP contribution in [0.1, 0.15) is 6.92 Å². The van der Waals surface area contributed by atoms with Crippen molar-refractivity contribution in [3.63, 3.8) is 0 Å². The van der Waals surface area contributed by atoms with E-state index in [1.54, 1.807) is 6.92 Å². The van der Waals surface area contributed by atoms with Crippen LogP contribution in [0.2, 0.25) is 0 Å². The van der Waals surface area contributed by atoms with Gasteiger partial charge >= 0.3 is 0 Å². The second-order valence-electron chi connectivity index (χ2n) is 0.972. The molecule has 0 fully saturated rings. The summed E-state index contributed by atoms with van der Waals surface area (Å²) in [7, 11) is 0. The van der Waals surface area contributed by atoms with Gasteiger partial charge in [-0.2, -0.15) is 5.53 Å².